The number of hydrogen-bond acceptors (Lipinski definition) is 4. The third kappa shape index (κ3) is 4.37. The minimum absolute atomic E-state index is 0.394. The molecule has 0 spiro atoms. The summed E-state index contributed by atoms with van der Waals surface area (Å²) in [6.07, 6.45) is 0. The minimum Gasteiger partial charge on any atom is -0.490 e. The number of hydrogen-bond donors (Lipinski definition) is 0. The van der Waals surface area contributed by atoms with Gasteiger partial charge in [0.25, 0.3) is 0 Å². The molecule has 0 aromatic heterocycles. The number of carbonyl (C=O) groups is 1. The van der Waals surface area contributed by atoms with E-state index in [4.69, 9.17) is 14.2 Å². The molecule has 2 rings (SSSR count). The lowest BCUT2D eigenvalue weighted by Gasteiger charge is -2.15. The maximum atomic E-state index is 11.7. The molecule has 5 heteroatoms. The fourth-order valence-corrected chi connectivity index (χ4v) is 2.89. The van der Waals surface area contributed by atoms with Gasteiger partial charge < -0.3 is 14.2 Å². The lowest BCUT2D eigenvalue weighted by Crippen LogP contribution is -2.06. The second-order valence-electron chi connectivity index (χ2n) is 4.93. The van der Waals surface area contributed by atoms with Crippen molar-refractivity contribution in [3.05, 3.63) is 56.7 Å². The van der Waals surface area contributed by atoms with Crippen LogP contribution in [0, 0.1) is 10.5 Å². The van der Waals surface area contributed by atoms with Crippen molar-refractivity contribution < 1.29 is 19.0 Å². The molecular weight excluding hydrogens is 407 g/mol. The molecule has 0 atom stereocenters. The van der Waals surface area contributed by atoms with E-state index in [0.29, 0.717) is 30.3 Å². The fraction of sp³-hybridized carbons (Fsp3) is 0.278. The van der Waals surface area contributed by atoms with E-state index >= 15 is 0 Å². The van der Waals surface area contributed by atoms with Crippen LogP contribution in [0.4, 0.5) is 0 Å². The summed E-state index contributed by atoms with van der Waals surface area (Å²) in [4.78, 5) is 11.7. The molecule has 0 heterocycles. The maximum absolute atomic E-state index is 11.7. The summed E-state index contributed by atoms with van der Waals surface area (Å²) >= 11 is 2.14. The van der Waals surface area contributed by atoms with Crippen molar-refractivity contribution >= 4 is 28.6 Å². The van der Waals surface area contributed by atoms with Gasteiger partial charge in [0.05, 0.1) is 22.9 Å². The zero-order valence-electron chi connectivity index (χ0n) is 13.4. The molecule has 0 amide bonds. The Balaban J connectivity index is 2.29. The van der Waals surface area contributed by atoms with E-state index in [1.807, 2.05) is 38.1 Å². The Kier molecular flexibility index (Phi) is 6.27. The second-order valence-corrected chi connectivity index (χ2v) is 6.09. The Morgan fingerprint density at radius 1 is 1.17 bits per heavy atom. The third-order valence-corrected chi connectivity index (χ3v) is 4.17. The fourth-order valence-electron chi connectivity index (χ4n) is 2.13. The van der Waals surface area contributed by atoms with Crippen LogP contribution in [-0.4, -0.2) is 19.7 Å². The van der Waals surface area contributed by atoms with Crippen LogP contribution in [0.1, 0.15) is 28.4 Å². The standard InChI is InChI=1S/C18H19IO4/c1-4-22-16-10-14(18(20)21-3)9-15(19)17(16)23-11-13-8-6-5-7-12(13)2/h5-10H,4,11H2,1-3H3. The van der Waals surface area contributed by atoms with Crippen molar-refractivity contribution in [1.82, 2.24) is 0 Å². The van der Waals surface area contributed by atoms with Crippen molar-refractivity contribution in [1.29, 1.82) is 0 Å². The summed E-state index contributed by atoms with van der Waals surface area (Å²) in [5.74, 6) is 0.797. The maximum Gasteiger partial charge on any atom is 0.338 e. The number of esters is 1. The molecule has 0 radical (unpaired) electrons. The number of aryl methyl sites for hydroxylation is 1. The molecule has 23 heavy (non-hydrogen) atoms. The van der Waals surface area contributed by atoms with Gasteiger partial charge in [-0.25, -0.2) is 4.79 Å². The molecule has 0 unspecified atom stereocenters. The molecule has 4 nitrogen and oxygen atoms in total. The molecule has 0 aliphatic heterocycles. The average molecular weight is 426 g/mol. The Labute approximate surface area is 149 Å². The zero-order valence-corrected chi connectivity index (χ0v) is 15.5. The highest BCUT2D eigenvalue weighted by molar-refractivity contribution is 14.1. The van der Waals surface area contributed by atoms with Gasteiger partial charge in [-0.3, -0.25) is 0 Å². The van der Waals surface area contributed by atoms with Gasteiger partial charge >= 0.3 is 5.97 Å². The summed E-state index contributed by atoms with van der Waals surface area (Å²) in [5.41, 5.74) is 2.73. The van der Waals surface area contributed by atoms with Crippen molar-refractivity contribution in [2.45, 2.75) is 20.5 Å². The quantitative estimate of drug-likeness (QED) is 0.509. The SMILES string of the molecule is CCOc1cc(C(=O)OC)cc(I)c1OCc1ccccc1C. The molecule has 0 aliphatic rings. The molecule has 0 fully saturated rings. The summed E-state index contributed by atoms with van der Waals surface area (Å²) in [7, 11) is 1.36. The largest absolute Gasteiger partial charge is 0.490 e. The van der Waals surface area contributed by atoms with E-state index in [-0.39, 0.29) is 0 Å². The van der Waals surface area contributed by atoms with Crippen LogP contribution >= 0.6 is 22.6 Å². The number of ether oxygens (including phenoxy) is 3. The number of benzene rings is 2. The van der Waals surface area contributed by atoms with Crippen LogP contribution in [0.2, 0.25) is 0 Å². The van der Waals surface area contributed by atoms with E-state index in [1.54, 1.807) is 12.1 Å². The van der Waals surface area contributed by atoms with Crippen LogP contribution < -0.4 is 9.47 Å². The molecule has 0 aliphatic carbocycles. The highest BCUT2D eigenvalue weighted by Crippen LogP contribution is 2.35. The Morgan fingerprint density at radius 2 is 1.91 bits per heavy atom. The highest BCUT2D eigenvalue weighted by Gasteiger charge is 2.16. The summed E-state index contributed by atoms with van der Waals surface area (Å²) in [6, 6.07) is 11.5. The molecule has 0 saturated heterocycles. The van der Waals surface area contributed by atoms with Gasteiger partial charge in [-0.2, -0.15) is 0 Å². The van der Waals surface area contributed by atoms with Gasteiger partial charge in [-0.15, -0.1) is 0 Å². The van der Waals surface area contributed by atoms with Crippen molar-refractivity contribution in [2.75, 3.05) is 13.7 Å². The molecule has 122 valence electrons. The van der Waals surface area contributed by atoms with Gasteiger partial charge in [-0.05, 0) is 59.7 Å². The number of methoxy groups -OCH3 is 1. The average Bonchev–Trinajstić information content (AvgIpc) is 2.55. The summed E-state index contributed by atoms with van der Waals surface area (Å²) in [6.45, 7) is 4.87. The van der Waals surface area contributed by atoms with E-state index < -0.39 is 5.97 Å². The Hall–Kier alpha value is -1.76. The van der Waals surface area contributed by atoms with Gasteiger partial charge in [0, 0.05) is 0 Å². The molecule has 2 aromatic carbocycles. The Morgan fingerprint density at radius 3 is 2.57 bits per heavy atom. The smallest absolute Gasteiger partial charge is 0.338 e. The first-order chi connectivity index (χ1) is 11.1. The monoisotopic (exact) mass is 426 g/mol. The number of rotatable bonds is 6. The van der Waals surface area contributed by atoms with E-state index in [2.05, 4.69) is 22.6 Å². The number of carbonyl (C=O) groups excluding carboxylic acids is 1. The third-order valence-electron chi connectivity index (χ3n) is 3.36. The predicted octanol–water partition coefficient (Wildman–Crippen LogP) is 4.36. The first kappa shape index (κ1) is 17.6. The van der Waals surface area contributed by atoms with Gasteiger partial charge in [0.2, 0.25) is 0 Å². The highest BCUT2D eigenvalue weighted by atomic mass is 127. The normalized spacial score (nSPS) is 10.3. The van der Waals surface area contributed by atoms with Crippen molar-refractivity contribution in [3.63, 3.8) is 0 Å². The summed E-state index contributed by atoms with van der Waals surface area (Å²) in [5, 5.41) is 0. The molecule has 0 saturated carbocycles. The van der Waals surface area contributed by atoms with Gasteiger partial charge in [0.15, 0.2) is 11.5 Å². The topological polar surface area (TPSA) is 44.8 Å². The lowest BCUT2D eigenvalue weighted by molar-refractivity contribution is 0.0600. The molecule has 2 aromatic rings. The minimum atomic E-state index is -0.394. The van der Waals surface area contributed by atoms with Crippen LogP contribution in [0.25, 0.3) is 0 Å². The van der Waals surface area contributed by atoms with Gasteiger partial charge in [0.1, 0.15) is 6.61 Å². The van der Waals surface area contributed by atoms with Crippen molar-refractivity contribution in [3.8, 4) is 11.5 Å². The molecular formula is C18H19IO4. The molecule has 0 N–H and O–H groups in total. The summed E-state index contributed by atoms with van der Waals surface area (Å²) < 4.78 is 17.2. The van der Waals surface area contributed by atoms with Crippen LogP contribution in [0.3, 0.4) is 0 Å². The van der Waals surface area contributed by atoms with Crippen LogP contribution in [-0.2, 0) is 11.3 Å². The predicted molar refractivity (Wildman–Crippen MR) is 97.2 cm³/mol. The van der Waals surface area contributed by atoms with E-state index in [9.17, 15) is 4.79 Å². The lowest BCUT2D eigenvalue weighted by atomic mass is 10.1. The van der Waals surface area contributed by atoms with Gasteiger partial charge in [-0.1, -0.05) is 24.3 Å². The van der Waals surface area contributed by atoms with E-state index in [0.717, 1.165) is 9.13 Å². The van der Waals surface area contributed by atoms with Crippen LogP contribution in [0.15, 0.2) is 36.4 Å². The Bertz CT molecular complexity index is 697. The number of halogens is 1. The molecule has 0 bridgehead atoms. The first-order valence-electron chi connectivity index (χ1n) is 7.28. The van der Waals surface area contributed by atoms with Crippen LogP contribution in [0.5, 0.6) is 11.5 Å². The van der Waals surface area contributed by atoms with E-state index in [1.165, 1.54) is 12.7 Å². The first-order valence-corrected chi connectivity index (χ1v) is 8.36. The van der Waals surface area contributed by atoms with Crippen molar-refractivity contribution in [2.24, 2.45) is 0 Å². The zero-order chi connectivity index (χ0) is 16.8. The second kappa shape index (κ2) is 8.19.